The molecular weight excluding hydrogens is 260 g/mol. The molecule has 0 fully saturated rings. The Morgan fingerprint density at radius 2 is 2.33 bits per heavy atom. The number of nitrogens with zero attached hydrogens (tertiary/aromatic N) is 1. The van der Waals surface area contributed by atoms with Crippen LogP contribution >= 0.6 is 15.9 Å². The lowest BCUT2D eigenvalue weighted by Gasteiger charge is -2.05. The first kappa shape index (κ1) is 12.1. The number of amides is 1. The Balaban J connectivity index is 2.41. The highest BCUT2D eigenvalue weighted by molar-refractivity contribution is 9.10. The molecule has 1 aromatic heterocycles. The lowest BCUT2D eigenvalue weighted by molar-refractivity contribution is -0.116. The molecule has 1 amide bonds. The number of unbranched alkanes of at least 4 members (excludes halogenated alkanes) is 1. The minimum absolute atomic E-state index is 0.0582. The van der Waals surface area contributed by atoms with Gasteiger partial charge < -0.3 is 10.4 Å². The van der Waals surface area contributed by atoms with Gasteiger partial charge in [-0.05, 0) is 40.9 Å². The molecule has 0 atom stereocenters. The van der Waals surface area contributed by atoms with Crippen LogP contribution in [0, 0.1) is 0 Å². The zero-order valence-corrected chi connectivity index (χ0v) is 9.83. The molecule has 0 spiro atoms. The minimum atomic E-state index is -0.0582. The van der Waals surface area contributed by atoms with Crippen LogP contribution in [0.3, 0.4) is 0 Å². The van der Waals surface area contributed by atoms with Gasteiger partial charge in [-0.2, -0.15) is 0 Å². The van der Waals surface area contributed by atoms with Gasteiger partial charge in [0, 0.05) is 19.2 Å². The molecule has 0 aliphatic rings. The van der Waals surface area contributed by atoms with Gasteiger partial charge in [-0.15, -0.1) is 0 Å². The fourth-order valence-electron chi connectivity index (χ4n) is 1.09. The summed E-state index contributed by atoms with van der Waals surface area (Å²) in [6, 6.07) is 3.54. The number of aromatic nitrogens is 1. The Hall–Kier alpha value is -0.940. The highest BCUT2D eigenvalue weighted by Crippen LogP contribution is 2.18. The lowest BCUT2D eigenvalue weighted by Crippen LogP contribution is -2.11. The van der Waals surface area contributed by atoms with Crippen LogP contribution in [-0.4, -0.2) is 22.6 Å². The van der Waals surface area contributed by atoms with Gasteiger partial charge in [0.25, 0.3) is 0 Å². The Kier molecular flexibility index (Phi) is 5.28. The SMILES string of the molecule is O=C(CCCCO)Nc1cccnc1Br. The second kappa shape index (κ2) is 6.53. The number of hydrogen-bond acceptors (Lipinski definition) is 3. The van der Waals surface area contributed by atoms with E-state index in [1.165, 1.54) is 0 Å². The van der Waals surface area contributed by atoms with E-state index in [-0.39, 0.29) is 12.5 Å². The van der Waals surface area contributed by atoms with E-state index in [4.69, 9.17) is 5.11 Å². The molecular formula is C10H13BrN2O2. The Morgan fingerprint density at radius 3 is 3.00 bits per heavy atom. The number of aliphatic hydroxyl groups is 1. The summed E-state index contributed by atoms with van der Waals surface area (Å²) < 4.78 is 0.625. The van der Waals surface area contributed by atoms with Gasteiger partial charge >= 0.3 is 0 Å². The molecule has 15 heavy (non-hydrogen) atoms. The average molecular weight is 273 g/mol. The first-order valence-electron chi connectivity index (χ1n) is 4.75. The van der Waals surface area contributed by atoms with Crippen molar-refractivity contribution in [3.05, 3.63) is 22.9 Å². The van der Waals surface area contributed by atoms with E-state index in [0.717, 1.165) is 0 Å². The number of carbonyl (C=O) groups is 1. The van der Waals surface area contributed by atoms with Gasteiger partial charge in [0.2, 0.25) is 5.91 Å². The Morgan fingerprint density at radius 1 is 1.53 bits per heavy atom. The molecule has 2 N–H and O–H groups in total. The fraction of sp³-hybridized carbons (Fsp3) is 0.400. The third-order valence-electron chi connectivity index (χ3n) is 1.85. The van der Waals surface area contributed by atoms with Crippen molar-refractivity contribution in [1.82, 2.24) is 4.98 Å². The molecule has 0 unspecified atom stereocenters. The van der Waals surface area contributed by atoms with E-state index in [1.54, 1.807) is 18.3 Å². The molecule has 4 nitrogen and oxygen atoms in total. The van der Waals surface area contributed by atoms with Crippen LogP contribution in [-0.2, 0) is 4.79 Å². The molecule has 5 heteroatoms. The molecule has 82 valence electrons. The van der Waals surface area contributed by atoms with Gasteiger partial charge in [0.05, 0.1) is 5.69 Å². The normalized spacial score (nSPS) is 10.0. The minimum Gasteiger partial charge on any atom is -0.396 e. The maximum absolute atomic E-state index is 11.4. The number of rotatable bonds is 5. The third kappa shape index (κ3) is 4.40. The molecule has 0 saturated heterocycles. The van der Waals surface area contributed by atoms with E-state index in [9.17, 15) is 4.79 Å². The van der Waals surface area contributed by atoms with Crippen molar-refractivity contribution >= 4 is 27.5 Å². The number of hydrogen-bond donors (Lipinski definition) is 2. The first-order valence-corrected chi connectivity index (χ1v) is 5.54. The van der Waals surface area contributed by atoms with Crippen molar-refractivity contribution < 1.29 is 9.90 Å². The van der Waals surface area contributed by atoms with Crippen molar-refractivity contribution in [1.29, 1.82) is 0 Å². The van der Waals surface area contributed by atoms with E-state index >= 15 is 0 Å². The maximum Gasteiger partial charge on any atom is 0.224 e. The molecule has 0 aliphatic carbocycles. The van der Waals surface area contributed by atoms with E-state index in [0.29, 0.717) is 29.6 Å². The van der Waals surface area contributed by atoms with Crippen molar-refractivity contribution in [2.75, 3.05) is 11.9 Å². The molecule has 0 bridgehead atoms. The van der Waals surface area contributed by atoms with Gasteiger partial charge in [0.1, 0.15) is 4.60 Å². The quantitative estimate of drug-likeness (QED) is 0.636. The van der Waals surface area contributed by atoms with Crippen molar-refractivity contribution in [3.8, 4) is 0 Å². The van der Waals surface area contributed by atoms with Crippen molar-refractivity contribution in [2.45, 2.75) is 19.3 Å². The zero-order valence-electron chi connectivity index (χ0n) is 8.24. The number of nitrogens with one attached hydrogen (secondary N) is 1. The molecule has 0 aromatic carbocycles. The van der Waals surface area contributed by atoms with Gasteiger partial charge in [0.15, 0.2) is 0 Å². The maximum atomic E-state index is 11.4. The number of pyridine rings is 1. The largest absolute Gasteiger partial charge is 0.396 e. The van der Waals surface area contributed by atoms with E-state index in [1.807, 2.05) is 0 Å². The third-order valence-corrected chi connectivity index (χ3v) is 2.48. The highest BCUT2D eigenvalue weighted by Gasteiger charge is 2.04. The summed E-state index contributed by atoms with van der Waals surface area (Å²) >= 11 is 3.24. The van der Waals surface area contributed by atoms with Gasteiger partial charge in [-0.3, -0.25) is 4.79 Å². The van der Waals surface area contributed by atoms with Crippen LogP contribution in [0.2, 0.25) is 0 Å². The highest BCUT2D eigenvalue weighted by atomic mass is 79.9. The molecule has 1 rings (SSSR count). The Labute approximate surface area is 96.8 Å². The Bertz CT molecular complexity index is 331. The summed E-state index contributed by atoms with van der Waals surface area (Å²) in [5.41, 5.74) is 0.673. The van der Waals surface area contributed by atoms with Crippen molar-refractivity contribution in [2.24, 2.45) is 0 Å². The summed E-state index contributed by atoms with van der Waals surface area (Å²) in [6.45, 7) is 0.129. The predicted molar refractivity (Wildman–Crippen MR) is 61.5 cm³/mol. The van der Waals surface area contributed by atoms with Gasteiger partial charge in [-0.1, -0.05) is 0 Å². The predicted octanol–water partition coefficient (Wildman–Crippen LogP) is 1.95. The van der Waals surface area contributed by atoms with E-state index in [2.05, 4.69) is 26.2 Å². The summed E-state index contributed by atoms with van der Waals surface area (Å²) in [5.74, 6) is -0.0582. The van der Waals surface area contributed by atoms with E-state index < -0.39 is 0 Å². The second-order valence-electron chi connectivity index (χ2n) is 3.07. The lowest BCUT2D eigenvalue weighted by atomic mass is 10.2. The number of aliphatic hydroxyl groups excluding tert-OH is 1. The molecule has 0 saturated carbocycles. The standard InChI is InChI=1S/C10H13BrN2O2/c11-10-8(4-3-6-12-10)13-9(15)5-1-2-7-14/h3-4,6,14H,1-2,5,7H2,(H,13,15). The average Bonchev–Trinajstić information content (AvgIpc) is 2.22. The number of carbonyl (C=O) groups excluding carboxylic acids is 1. The summed E-state index contributed by atoms with van der Waals surface area (Å²) in [7, 11) is 0. The number of halogens is 1. The van der Waals surface area contributed by atoms with Crippen LogP contribution in [0.1, 0.15) is 19.3 Å². The summed E-state index contributed by atoms with van der Waals surface area (Å²) in [5, 5.41) is 11.3. The fourth-order valence-corrected chi connectivity index (χ4v) is 1.44. The first-order chi connectivity index (χ1) is 7.24. The van der Waals surface area contributed by atoms with Crippen LogP contribution < -0.4 is 5.32 Å². The summed E-state index contributed by atoms with van der Waals surface area (Å²) in [4.78, 5) is 15.4. The van der Waals surface area contributed by atoms with Crippen LogP contribution in [0.25, 0.3) is 0 Å². The molecule has 1 aromatic rings. The smallest absolute Gasteiger partial charge is 0.224 e. The topological polar surface area (TPSA) is 62.2 Å². The van der Waals surface area contributed by atoms with Crippen LogP contribution in [0.5, 0.6) is 0 Å². The summed E-state index contributed by atoms with van der Waals surface area (Å²) in [6.07, 6.45) is 3.41. The van der Waals surface area contributed by atoms with Crippen LogP contribution in [0.15, 0.2) is 22.9 Å². The molecule has 1 heterocycles. The van der Waals surface area contributed by atoms with Crippen molar-refractivity contribution in [3.63, 3.8) is 0 Å². The van der Waals surface area contributed by atoms with Gasteiger partial charge in [-0.25, -0.2) is 4.98 Å². The monoisotopic (exact) mass is 272 g/mol. The molecule has 0 radical (unpaired) electrons. The number of anilines is 1. The van der Waals surface area contributed by atoms with Crippen LogP contribution in [0.4, 0.5) is 5.69 Å². The second-order valence-corrected chi connectivity index (χ2v) is 3.82. The molecule has 0 aliphatic heterocycles. The zero-order chi connectivity index (χ0) is 11.1.